The number of benzene rings is 2. The lowest BCUT2D eigenvalue weighted by Gasteiger charge is -2.22. The first-order valence-electron chi connectivity index (χ1n) is 8.55. The fourth-order valence-corrected chi connectivity index (χ4v) is 2.80. The Morgan fingerprint density at radius 2 is 1.80 bits per heavy atom. The molecule has 1 unspecified atom stereocenters. The fraction of sp³-hybridized carbons (Fsp3) is 0.400. The molecule has 1 heterocycles. The molecule has 0 aliphatic carbocycles. The number of aryl methyl sites for hydroxylation is 1. The molecular formula is C20H25NO4. The highest BCUT2D eigenvalue weighted by atomic mass is 16.6. The minimum Gasteiger partial charge on any atom is -0.491 e. The second-order valence-electron chi connectivity index (χ2n) is 6.45. The van der Waals surface area contributed by atoms with Crippen molar-refractivity contribution in [2.24, 2.45) is 0 Å². The zero-order valence-electron chi connectivity index (χ0n) is 14.8. The number of rotatable bonds is 7. The average molecular weight is 343 g/mol. The molecule has 1 N–H and O–H groups in total. The summed E-state index contributed by atoms with van der Waals surface area (Å²) >= 11 is 0. The van der Waals surface area contributed by atoms with Crippen molar-refractivity contribution >= 4 is 0 Å². The van der Waals surface area contributed by atoms with E-state index in [1.807, 2.05) is 56.4 Å². The van der Waals surface area contributed by atoms with Gasteiger partial charge < -0.3 is 19.3 Å². The normalized spacial score (nSPS) is 14.4. The maximum absolute atomic E-state index is 10.2. The zero-order valence-corrected chi connectivity index (χ0v) is 14.8. The van der Waals surface area contributed by atoms with Crippen LogP contribution in [0.1, 0.15) is 11.1 Å². The van der Waals surface area contributed by atoms with Crippen molar-refractivity contribution in [3.63, 3.8) is 0 Å². The third-order valence-corrected chi connectivity index (χ3v) is 4.04. The van der Waals surface area contributed by atoms with E-state index in [0.29, 0.717) is 19.8 Å². The van der Waals surface area contributed by atoms with E-state index in [1.54, 1.807) is 0 Å². The Balaban J connectivity index is 1.46. The molecule has 0 aromatic heterocycles. The van der Waals surface area contributed by atoms with E-state index in [1.165, 1.54) is 5.56 Å². The van der Waals surface area contributed by atoms with E-state index in [9.17, 15) is 5.11 Å². The predicted octanol–water partition coefficient (Wildman–Crippen LogP) is 2.64. The van der Waals surface area contributed by atoms with Gasteiger partial charge in [-0.05, 0) is 43.8 Å². The number of aliphatic hydroxyl groups is 1. The summed E-state index contributed by atoms with van der Waals surface area (Å²) in [5, 5.41) is 10.2. The Hall–Kier alpha value is -2.24. The van der Waals surface area contributed by atoms with Gasteiger partial charge in [-0.15, -0.1) is 0 Å². The first-order chi connectivity index (χ1) is 12.1. The van der Waals surface area contributed by atoms with Crippen molar-refractivity contribution < 1.29 is 19.3 Å². The molecule has 0 radical (unpaired) electrons. The summed E-state index contributed by atoms with van der Waals surface area (Å²) in [6.07, 6.45) is -0.552. The Morgan fingerprint density at radius 1 is 1.08 bits per heavy atom. The van der Waals surface area contributed by atoms with Gasteiger partial charge in [0.2, 0.25) is 0 Å². The lowest BCUT2D eigenvalue weighted by Crippen LogP contribution is -2.32. The van der Waals surface area contributed by atoms with Gasteiger partial charge >= 0.3 is 0 Å². The van der Waals surface area contributed by atoms with Crippen LogP contribution in [0, 0.1) is 6.92 Å². The molecule has 3 rings (SSSR count). The van der Waals surface area contributed by atoms with Crippen molar-refractivity contribution in [3.8, 4) is 17.2 Å². The molecule has 0 amide bonds. The quantitative estimate of drug-likeness (QED) is 0.838. The zero-order chi connectivity index (χ0) is 17.6. The van der Waals surface area contributed by atoms with E-state index in [0.717, 1.165) is 29.4 Å². The molecule has 5 heteroatoms. The predicted molar refractivity (Wildman–Crippen MR) is 96.4 cm³/mol. The number of ether oxygens (including phenoxy) is 3. The molecular weight excluding hydrogens is 318 g/mol. The first-order valence-corrected chi connectivity index (χ1v) is 8.55. The Bertz CT molecular complexity index is 687. The topological polar surface area (TPSA) is 51.2 Å². The fourth-order valence-electron chi connectivity index (χ4n) is 2.80. The van der Waals surface area contributed by atoms with Crippen LogP contribution < -0.4 is 14.2 Å². The maximum atomic E-state index is 10.2. The van der Waals surface area contributed by atoms with Gasteiger partial charge in [0.15, 0.2) is 11.5 Å². The average Bonchev–Trinajstić information content (AvgIpc) is 2.61. The van der Waals surface area contributed by atoms with Gasteiger partial charge in [0, 0.05) is 13.1 Å². The summed E-state index contributed by atoms with van der Waals surface area (Å²) in [6.45, 7) is 4.74. The summed E-state index contributed by atoms with van der Waals surface area (Å²) in [7, 11) is 1.98. The van der Waals surface area contributed by atoms with Gasteiger partial charge in [0.1, 0.15) is 31.7 Å². The standard InChI is InChI=1S/C20H25NO4/c1-15-3-6-18(7-4-15)25-14-17(22)13-21(2)12-16-5-8-19-20(11-16)24-10-9-23-19/h3-8,11,17,22H,9-10,12-14H2,1-2H3. The molecule has 25 heavy (non-hydrogen) atoms. The highest BCUT2D eigenvalue weighted by Crippen LogP contribution is 2.31. The van der Waals surface area contributed by atoms with Crippen LogP contribution in [0.25, 0.3) is 0 Å². The Morgan fingerprint density at radius 3 is 2.56 bits per heavy atom. The number of aliphatic hydroxyl groups excluding tert-OH is 1. The minimum atomic E-state index is -0.552. The van der Waals surface area contributed by atoms with E-state index < -0.39 is 6.10 Å². The van der Waals surface area contributed by atoms with Gasteiger partial charge in [-0.2, -0.15) is 0 Å². The SMILES string of the molecule is Cc1ccc(OCC(O)CN(C)Cc2ccc3c(c2)OCCO3)cc1. The highest BCUT2D eigenvalue weighted by Gasteiger charge is 2.14. The van der Waals surface area contributed by atoms with Crippen LogP contribution in [0.5, 0.6) is 17.2 Å². The summed E-state index contributed by atoms with van der Waals surface area (Å²) in [6, 6.07) is 13.8. The number of hydrogen-bond donors (Lipinski definition) is 1. The minimum absolute atomic E-state index is 0.272. The summed E-state index contributed by atoms with van der Waals surface area (Å²) in [5.74, 6) is 2.36. The van der Waals surface area contributed by atoms with Gasteiger partial charge in [0.05, 0.1) is 0 Å². The van der Waals surface area contributed by atoms with Gasteiger partial charge in [-0.3, -0.25) is 4.90 Å². The molecule has 5 nitrogen and oxygen atoms in total. The third-order valence-electron chi connectivity index (χ3n) is 4.04. The molecule has 0 fully saturated rings. The summed E-state index contributed by atoms with van der Waals surface area (Å²) in [4.78, 5) is 2.06. The van der Waals surface area contributed by atoms with Crippen LogP contribution in [-0.2, 0) is 6.54 Å². The van der Waals surface area contributed by atoms with Crippen molar-refractivity contribution in [2.75, 3.05) is 33.4 Å². The maximum Gasteiger partial charge on any atom is 0.161 e. The van der Waals surface area contributed by atoms with Crippen molar-refractivity contribution in [1.29, 1.82) is 0 Å². The Kier molecular flexibility index (Phi) is 5.79. The van der Waals surface area contributed by atoms with Crippen molar-refractivity contribution in [1.82, 2.24) is 4.90 Å². The van der Waals surface area contributed by atoms with Crippen LogP contribution in [0.3, 0.4) is 0 Å². The summed E-state index contributed by atoms with van der Waals surface area (Å²) in [5.41, 5.74) is 2.31. The number of nitrogens with zero attached hydrogens (tertiary/aromatic N) is 1. The van der Waals surface area contributed by atoms with Gasteiger partial charge in [-0.25, -0.2) is 0 Å². The molecule has 1 aliphatic rings. The lowest BCUT2D eigenvalue weighted by molar-refractivity contribution is 0.0743. The third kappa shape index (κ3) is 5.11. The number of hydrogen-bond acceptors (Lipinski definition) is 5. The number of fused-ring (bicyclic) bond motifs is 1. The largest absolute Gasteiger partial charge is 0.491 e. The van der Waals surface area contributed by atoms with Crippen LogP contribution in [0.2, 0.25) is 0 Å². The molecule has 2 aromatic rings. The van der Waals surface area contributed by atoms with Gasteiger partial charge in [0.25, 0.3) is 0 Å². The van der Waals surface area contributed by atoms with Crippen LogP contribution in [0.15, 0.2) is 42.5 Å². The first kappa shape index (κ1) is 17.6. The smallest absolute Gasteiger partial charge is 0.161 e. The molecule has 134 valence electrons. The van der Waals surface area contributed by atoms with Crippen molar-refractivity contribution in [2.45, 2.75) is 19.6 Å². The monoisotopic (exact) mass is 343 g/mol. The van der Waals surface area contributed by atoms with E-state index in [-0.39, 0.29) is 6.61 Å². The highest BCUT2D eigenvalue weighted by molar-refractivity contribution is 5.43. The molecule has 1 aliphatic heterocycles. The molecule has 0 saturated heterocycles. The van der Waals surface area contributed by atoms with Crippen molar-refractivity contribution in [3.05, 3.63) is 53.6 Å². The van der Waals surface area contributed by atoms with E-state index in [4.69, 9.17) is 14.2 Å². The second kappa shape index (κ2) is 8.23. The van der Waals surface area contributed by atoms with E-state index >= 15 is 0 Å². The number of likely N-dealkylation sites (N-methyl/N-ethyl adjacent to an activating group) is 1. The molecule has 0 spiro atoms. The van der Waals surface area contributed by atoms with Gasteiger partial charge in [-0.1, -0.05) is 23.8 Å². The molecule has 0 bridgehead atoms. The van der Waals surface area contributed by atoms with Crippen LogP contribution in [-0.4, -0.2) is 49.5 Å². The molecule has 2 aromatic carbocycles. The molecule has 1 atom stereocenters. The summed E-state index contributed by atoms with van der Waals surface area (Å²) < 4.78 is 16.8. The van der Waals surface area contributed by atoms with Crippen LogP contribution in [0.4, 0.5) is 0 Å². The Labute approximate surface area is 148 Å². The second-order valence-corrected chi connectivity index (χ2v) is 6.45. The molecule has 0 saturated carbocycles. The van der Waals surface area contributed by atoms with Crippen LogP contribution >= 0.6 is 0 Å². The van der Waals surface area contributed by atoms with E-state index in [2.05, 4.69) is 4.90 Å². The lowest BCUT2D eigenvalue weighted by atomic mass is 10.2.